The highest BCUT2D eigenvalue weighted by molar-refractivity contribution is 9.10. The summed E-state index contributed by atoms with van der Waals surface area (Å²) in [7, 11) is 0. The molecule has 2 aromatic rings. The number of hydrogen-bond donors (Lipinski definition) is 3. The smallest absolute Gasteiger partial charge is 0.127 e. The fraction of sp³-hybridized carbons (Fsp3) is 0.143. The maximum absolute atomic E-state index is 13.2. The summed E-state index contributed by atoms with van der Waals surface area (Å²) in [6.45, 7) is -0.209. The van der Waals surface area contributed by atoms with Crippen molar-refractivity contribution in [2.75, 3.05) is 11.9 Å². The highest BCUT2D eigenvalue weighted by Crippen LogP contribution is 2.24. The minimum absolute atomic E-state index is 0.161. The first-order chi connectivity index (χ1) is 9.08. The van der Waals surface area contributed by atoms with E-state index in [1.807, 2.05) is 24.3 Å². The third kappa shape index (κ3) is 3.68. The van der Waals surface area contributed by atoms with Crippen molar-refractivity contribution >= 4 is 21.6 Å². The fourth-order valence-corrected chi connectivity index (χ4v) is 2.04. The summed E-state index contributed by atoms with van der Waals surface area (Å²) in [5.41, 5.74) is 1.29. The Morgan fingerprint density at radius 2 is 1.84 bits per heavy atom. The second-order valence-electron chi connectivity index (χ2n) is 4.13. The van der Waals surface area contributed by atoms with Crippen molar-refractivity contribution < 1.29 is 14.6 Å². The highest BCUT2D eigenvalue weighted by atomic mass is 79.9. The van der Waals surface area contributed by atoms with E-state index in [4.69, 9.17) is 0 Å². The van der Waals surface area contributed by atoms with E-state index in [0.29, 0.717) is 5.56 Å². The number of aromatic hydroxyl groups is 1. The van der Waals surface area contributed by atoms with Gasteiger partial charge in [-0.25, -0.2) is 4.39 Å². The van der Waals surface area contributed by atoms with Crippen LogP contribution in [0.3, 0.4) is 0 Å². The summed E-state index contributed by atoms with van der Waals surface area (Å²) in [5, 5.41) is 21.9. The molecule has 0 bridgehead atoms. The van der Waals surface area contributed by atoms with Crippen molar-refractivity contribution in [2.45, 2.75) is 6.04 Å². The van der Waals surface area contributed by atoms with Crippen LogP contribution in [0.5, 0.6) is 5.75 Å². The summed E-state index contributed by atoms with van der Waals surface area (Å²) in [4.78, 5) is 0. The third-order valence-electron chi connectivity index (χ3n) is 2.67. The van der Waals surface area contributed by atoms with Gasteiger partial charge in [0.1, 0.15) is 11.6 Å². The molecule has 0 spiro atoms. The van der Waals surface area contributed by atoms with Crippen molar-refractivity contribution in [3.05, 3.63) is 58.3 Å². The lowest BCUT2D eigenvalue weighted by Crippen LogP contribution is -2.15. The van der Waals surface area contributed by atoms with E-state index in [1.165, 1.54) is 12.1 Å². The average Bonchev–Trinajstić information content (AvgIpc) is 2.37. The van der Waals surface area contributed by atoms with Crippen LogP contribution in [-0.2, 0) is 0 Å². The number of phenols is 1. The molecule has 2 rings (SSSR count). The second kappa shape index (κ2) is 6.04. The van der Waals surface area contributed by atoms with Gasteiger partial charge in [0.15, 0.2) is 0 Å². The third-order valence-corrected chi connectivity index (χ3v) is 3.20. The lowest BCUT2D eigenvalue weighted by Gasteiger charge is -2.18. The summed E-state index contributed by atoms with van der Waals surface area (Å²) in [6, 6.07) is 10.7. The molecule has 0 aliphatic heterocycles. The van der Waals surface area contributed by atoms with Crippen LogP contribution in [0.2, 0.25) is 0 Å². The van der Waals surface area contributed by atoms with Crippen LogP contribution in [0.4, 0.5) is 10.1 Å². The number of hydrogen-bond acceptors (Lipinski definition) is 3. The highest BCUT2D eigenvalue weighted by Gasteiger charge is 2.12. The van der Waals surface area contributed by atoms with Gasteiger partial charge in [-0.2, -0.15) is 0 Å². The molecule has 0 heterocycles. The predicted octanol–water partition coefficient (Wildman–Crippen LogP) is 3.44. The molecule has 0 aliphatic carbocycles. The molecule has 1 unspecified atom stereocenters. The van der Waals surface area contributed by atoms with Crippen molar-refractivity contribution in [2.24, 2.45) is 0 Å². The maximum Gasteiger partial charge on any atom is 0.127 e. The van der Waals surface area contributed by atoms with Gasteiger partial charge in [0.05, 0.1) is 12.6 Å². The number of phenolic OH excluding ortho intramolecular Hbond substituents is 1. The van der Waals surface area contributed by atoms with Gasteiger partial charge in [0, 0.05) is 16.2 Å². The first kappa shape index (κ1) is 13.8. The molecule has 100 valence electrons. The van der Waals surface area contributed by atoms with Gasteiger partial charge in [0.25, 0.3) is 0 Å². The second-order valence-corrected chi connectivity index (χ2v) is 5.04. The molecule has 2 aromatic carbocycles. The van der Waals surface area contributed by atoms with E-state index in [-0.39, 0.29) is 12.4 Å². The van der Waals surface area contributed by atoms with Crippen molar-refractivity contribution in [1.82, 2.24) is 0 Å². The minimum Gasteiger partial charge on any atom is -0.508 e. The molecule has 1 atom stereocenters. The molecular formula is C14H13BrFNO2. The van der Waals surface area contributed by atoms with E-state index in [1.54, 1.807) is 0 Å². The zero-order valence-electron chi connectivity index (χ0n) is 9.98. The lowest BCUT2D eigenvalue weighted by atomic mass is 10.1. The summed E-state index contributed by atoms with van der Waals surface area (Å²) < 4.78 is 14.2. The molecule has 0 amide bonds. The summed E-state index contributed by atoms with van der Waals surface area (Å²) in [6.07, 6.45) is 0. The van der Waals surface area contributed by atoms with Crippen LogP contribution in [0, 0.1) is 5.82 Å². The molecule has 0 aliphatic rings. The van der Waals surface area contributed by atoms with Crippen LogP contribution in [0.1, 0.15) is 11.6 Å². The van der Waals surface area contributed by atoms with E-state index in [2.05, 4.69) is 21.2 Å². The predicted molar refractivity (Wildman–Crippen MR) is 75.7 cm³/mol. The average molecular weight is 326 g/mol. The summed E-state index contributed by atoms with van der Waals surface area (Å²) in [5.74, 6) is -0.697. The van der Waals surface area contributed by atoms with Crippen LogP contribution >= 0.6 is 15.9 Å². The quantitative estimate of drug-likeness (QED) is 0.807. The normalized spacial score (nSPS) is 12.2. The largest absolute Gasteiger partial charge is 0.508 e. The fourth-order valence-electron chi connectivity index (χ4n) is 1.78. The Bertz CT molecular complexity index is 540. The number of anilines is 1. The van der Waals surface area contributed by atoms with Gasteiger partial charge in [-0.3, -0.25) is 0 Å². The number of aliphatic hydroxyl groups excluding tert-OH is 1. The zero-order valence-corrected chi connectivity index (χ0v) is 11.6. The number of benzene rings is 2. The maximum atomic E-state index is 13.2. The van der Waals surface area contributed by atoms with E-state index in [9.17, 15) is 14.6 Å². The first-order valence-electron chi connectivity index (χ1n) is 5.71. The first-order valence-corrected chi connectivity index (χ1v) is 6.50. The Kier molecular flexibility index (Phi) is 4.39. The van der Waals surface area contributed by atoms with E-state index < -0.39 is 11.9 Å². The molecule has 3 nitrogen and oxygen atoms in total. The number of rotatable bonds is 4. The Morgan fingerprint density at radius 1 is 1.16 bits per heavy atom. The molecule has 0 aromatic heterocycles. The zero-order chi connectivity index (χ0) is 13.8. The number of aliphatic hydroxyl groups is 1. The Balaban J connectivity index is 2.22. The summed E-state index contributed by atoms with van der Waals surface area (Å²) >= 11 is 3.33. The van der Waals surface area contributed by atoms with E-state index >= 15 is 0 Å². The molecule has 0 fully saturated rings. The van der Waals surface area contributed by atoms with Crippen molar-refractivity contribution in [3.63, 3.8) is 0 Å². The standard InChI is InChI=1S/C14H13BrFNO2/c15-10-1-3-12(4-2-10)17-14(8-18)9-5-11(16)7-13(19)6-9/h1-7,14,17-19H,8H2. The van der Waals surface area contributed by atoms with Gasteiger partial charge in [-0.15, -0.1) is 0 Å². The monoisotopic (exact) mass is 325 g/mol. The van der Waals surface area contributed by atoms with Gasteiger partial charge < -0.3 is 15.5 Å². The van der Waals surface area contributed by atoms with Crippen molar-refractivity contribution in [1.29, 1.82) is 0 Å². The van der Waals surface area contributed by atoms with Gasteiger partial charge in [-0.1, -0.05) is 15.9 Å². The molecule has 0 radical (unpaired) electrons. The van der Waals surface area contributed by atoms with Gasteiger partial charge >= 0.3 is 0 Å². The topological polar surface area (TPSA) is 52.5 Å². The SMILES string of the molecule is OCC(Nc1ccc(Br)cc1)c1cc(O)cc(F)c1. The minimum atomic E-state index is -0.536. The molecule has 0 saturated heterocycles. The number of halogens is 2. The van der Waals surface area contributed by atoms with Crippen LogP contribution in [0.15, 0.2) is 46.9 Å². The van der Waals surface area contributed by atoms with E-state index in [0.717, 1.165) is 16.2 Å². The Morgan fingerprint density at radius 3 is 2.42 bits per heavy atom. The lowest BCUT2D eigenvalue weighted by molar-refractivity contribution is 0.276. The molecule has 5 heteroatoms. The van der Waals surface area contributed by atoms with Crippen LogP contribution < -0.4 is 5.32 Å². The Labute approximate surface area is 118 Å². The van der Waals surface area contributed by atoms with Gasteiger partial charge in [-0.05, 0) is 42.0 Å². The molecule has 3 N–H and O–H groups in total. The van der Waals surface area contributed by atoms with Crippen LogP contribution in [-0.4, -0.2) is 16.8 Å². The number of nitrogens with one attached hydrogen (secondary N) is 1. The molecule has 0 saturated carbocycles. The Hall–Kier alpha value is -1.59. The molecule has 19 heavy (non-hydrogen) atoms. The van der Waals surface area contributed by atoms with Crippen molar-refractivity contribution in [3.8, 4) is 5.75 Å². The van der Waals surface area contributed by atoms with Gasteiger partial charge in [0.2, 0.25) is 0 Å². The molecular weight excluding hydrogens is 313 g/mol. The van der Waals surface area contributed by atoms with Crippen LogP contribution in [0.25, 0.3) is 0 Å².